The number of hydrogen-bond acceptors (Lipinski definition) is 7. The predicted octanol–water partition coefficient (Wildman–Crippen LogP) is 3.73. The van der Waals surface area contributed by atoms with E-state index in [9.17, 15) is 4.79 Å². The van der Waals surface area contributed by atoms with Crippen LogP contribution in [0.1, 0.15) is 12.5 Å². The van der Waals surface area contributed by atoms with Crippen molar-refractivity contribution in [1.29, 1.82) is 0 Å². The number of hydrogen-bond donors (Lipinski definition) is 1. The van der Waals surface area contributed by atoms with Crippen LogP contribution in [0, 0.1) is 6.92 Å². The van der Waals surface area contributed by atoms with E-state index >= 15 is 0 Å². The number of aryl methyl sites for hydroxylation is 1. The van der Waals surface area contributed by atoms with Crippen molar-refractivity contribution in [3.8, 4) is 23.0 Å². The lowest BCUT2D eigenvalue weighted by Crippen LogP contribution is -2.29. The molecule has 0 radical (unpaired) electrons. The van der Waals surface area contributed by atoms with Crippen LogP contribution in [0.15, 0.2) is 58.2 Å². The molecule has 0 aliphatic carbocycles. The third-order valence-electron chi connectivity index (χ3n) is 3.83. The average molecular weight is 413 g/mol. The minimum absolute atomic E-state index is 0.124. The number of nitrogens with zero attached hydrogens (tertiary/aromatic N) is 2. The summed E-state index contributed by atoms with van der Waals surface area (Å²) in [7, 11) is 0. The molecule has 3 aromatic rings. The summed E-state index contributed by atoms with van der Waals surface area (Å²) in [5, 5.41) is 11.2. The van der Waals surface area contributed by atoms with E-state index in [-0.39, 0.29) is 11.7 Å². The smallest absolute Gasteiger partial charge is 0.277 e. The Labute approximate surface area is 173 Å². The number of carbonyl (C=O) groups is 1. The first-order valence-electron chi connectivity index (χ1n) is 9.29. The second-order valence-electron chi connectivity index (χ2n) is 6.13. The number of ether oxygens (including phenoxy) is 2. The van der Waals surface area contributed by atoms with Gasteiger partial charge in [-0.15, -0.1) is 10.2 Å². The number of benzene rings is 2. The molecule has 0 atom stereocenters. The second-order valence-corrected chi connectivity index (χ2v) is 7.06. The molecular weight excluding hydrogens is 390 g/mol. The number of thioether (sulfide) groups is 1. The molecule has 0 aliphatic rings. The van der Waals surface area contributed by atoms with Crippen molar-refractivity contribution in [1.82, 2.24) is 15.5 Å². The maximum absolute atomic E-state index is 12.0. The molecule has 2 aromatic carbocycles. The van der Waals surface area contributed by atoms with Crippen LogP contribution in [0.2, 0.25) is 0 Å². The minimum Gasteiger partial charge on any atom is -0.494 e. The average Bonchev–Trinajstić information content (AvgIpc) is 3.20. The Morgan fingerprint density at radius 2 is 1.86 bits per heavy atom. The van der Waals surface area contributed by atoms with E-state index < -0.39 is 0 Å². The molecule has 0 spiro atoms. The van der Waals surface area contributed by atoms with Gasteiger partial charge in [0.05, 0.1) is 18.9 Å². The van der Waals surface area contributed by atoms with Gasteiger partial charge in [0.2, 0.25) is 11.8 Å². The number of rotatable bonds is 10. The summed E-state index contributed by atoms with van der Waals surface area (Å²) >= 11 is 1.20. The molecule has 29 heavy (non-hydrogen) atoms. The van der Waals surface area contributed by atoms with Gasteiger partial charge in [-0.3, -0.25) is 4.79 Å². The van der Waals surface area contributed by atoms with Gasteiger partial charge in [0.15, 0.2) is 0 Å². The Morgan fingerprint density at radius 1 is 1.10 bits per heavy atom. The van der Waals surface area contributed by atoms with Crippen LogP contribution in [-0.4, -0.2) is 41.6 Å². The molecular formula is C21H23N3O4S. The van der Waals surface area contributed by atoms with Gasteiger partial charge in [0.1, 0.15) is 18.1 Å². The molecule has 3 rings (SSSR count). The van der Waals surface area contributed by atoms with Crippen LogP contribution in [-0.2, 0) is 4.79 Å². The van der Waals surface area contributed by atoms with Crippen LogP contribution in [0.3, 0.4) is 0 Å². The zero-order valence-corrected chi connectivity index (χ0v) is 17.2. The zero-order valence-electron chi connectivity index (χ0n) is 16.4. The zero-order chi connectivity index (χ0) is 20.5. The largest absolute Gasteiger partial charge is 0.494 e. The first-order valence-corrected chi connectivity index (χ1v) is 10.3. The van der Waals surface area contributed by atoms with E-state index in [0.29, 0.717) is 30.9 Å². The normalized spacial score (nSPS) is 10.6. The topological polar surface area (TPSA) is 86.5 Å². The minimum atomic E-state index is -0.124. The molecule has 0 saturated heterocycles. The van der Waals surface area contributed by atoms with Crippen LogP contribution in [0.5, 0.6) is 11.5 Å². The molecule has 1 aromatic heterocycles. The van der Waals surface area contributed by atoms with Gasteiger partial charge in [-0.25, -0.2) is 0 Å². The SMILES string of the molecule is CCOc1ccc(OCCNC(=O)CSc2nnc(-c3cccc(C)c3)o2)cc1. The quantitative estimate of drug-likeness (QED) is 0.400. The van der Waals surface area contributed by atoms with Crippen LogP contribution in [0.4, 0.5) is 0 Å². The Hall–Kier alpha value is -3.00. The maximum Gasteiger partial charge on any atom is 0.277 e. The Bertz CT molecular complexity index is 928. The number of carbonyl (C=O) groups excluding carboxylic acids is 1. The molecule has 0 aliphatic heterocycles. The molecule has 8 heteroatoms. The lowest BCUT2D eigenvalue weighted by Gasteiger charge is -2.08. The van der Waals surface area contributed by atoms with E-state index in [1.165, 1.54) is 11.8 Å². The standard InChI is InChI=1S/C21H23N3O4S/c1-3-26-17-7-9-18(10-8-17)27-12-11-22-19(25)14-29-21-24-23-20(28-21)16-6-4-5-15(2)13-16/h4-10,13H,3,11-12,14H2,1-2H3,(H,22,25). The van der Waals surface area contributed by atoms with E-state index in [1.54, 1.807) is 0 Å². The number of aromatic nitrogens is 2. The highest BCUT2D eigenvalue weighted by molar-refractivity contribution is 7.99. The Balaban J connectivity index is 1.36. The molecule has 1 N–H and O–H groups in total. The van der Waals surface area contributed by atoms with Crippen molar-refractivity contribution < 1.29 is 18.7 Å². The monoisotopic (exact) mass is 413 g/mol. The van der Waals surface area contributed by atoms with Crippen molar-refractivity contribution in [2.75, 3.05) is 25.5 Å². The van der Waals surface area contributed by atoms with Crippen LogP contribution in [0.25, 0.3) is 11.5 Å². The van der Waals surface area contributed by atoms with Gasteiger partial charge < -0.3 is 19.2 Å². The van der Waals surface area contributed by atoms with E-state index in [4.69, 9.17) is 13.9 Å². The molecule has 1 heterocycles. The maximum atomic E-state index is 12.0. The summed E-state index contributed by atoms with van der Waals surface area (Å²) in [6, 6.07) is 15.2. The third kappa shape index (κ3) is 6.53. The van der Waals surface area contributed by atoms with E-state index in [0.717, 1.165) is 22.6 Å². The summed E-state index contributed by atoms with van der Waals surface area (Å²) in [6.45, 7) is 5.35. The van der Waals surface area contributed by atoms with Crippen LogP contribution < -0.4 is 14.8 Å². The first-order chi connectivity index (χ1) is 14.1. The summed E-state index contributed by atoms with van der Waals surface area (Å²) in [4.78, 5) is 12.0. The van der Waals surface area contributed by atoms with Gasteiger partial charge in [0.25, 0.3) is 5.22 Å². The molecule has 0 bridgehead atoms. The first kappa shape index (κ1) is 20.7. The predicted molar refractivity (Wildman–Crippen MR) is 111 cm³/mol. The van der Waals surface area contributed by atoms with Crippen molar-refractivity contribution >= 4 is 17.7 Å². The summed E-state index contributed by atoms with van der Waals surface area (Å²) in [5.74, 6) is 2.04. The summed E-state index contributed by atoms with van der Waals surface area (Å²) < 4.78 is 16.6. The summed E-state index contributed by atoms with van der Waals surface area (Å²) in [6.07, 6.45) is 0. The Kier molecular flexibility index (Phi) is 7.52. The fourth-order valence-electron chi connectivity index (χ4n) is 2.50. The van der Waals surface area contributed by atoms with Gasteiger partial charge in [0, 0.05) is 5.56 Å². The second kappa shape index (κ2) is 10.5. The lowest BCUT2D eigenvalue weighted by atomic mass is 10.1. The molecule has 1 amide bonds. The fourth-order valence-corrected chi connectivity index (χ4v) is 3.09. The van der Waals surface area contributed by atoms with Gasteiger partial charge in [-0.1, -0.05) is 29.5 Å². The van der Waals surface area contributed by atoms with Crippen molar-refractivity contribution in [3.05, 3.63) is 54.1 Å². The van der Waals surface area contributed by atoms with Crippen molar-refractivity contribution in [2.24, 2.45) is 0 Å². The third-order valence-corrected chi connectivity index (χ3v) is 4.64. The molecule has 7 nitrogen and oxygen atoms in total. The van der Waals surface area contributed by atoms with Crippen LogP contribution >= 0.6 is 11.8 Å². The summed E-state index contributed by atoms with van der Waals surface area (Å²) in [5.41, 5.74) is 1.97. The molecule has 152 valence electrons. The van der Waals surface area contributed by atoms with Crippen molar-refractivity contribution in [3.63, 3.8) is 0 Å². The van der Waals surface area contributed by atoms with Gasteiger partial charge in [-0.05, 0) is 50.2 Å². The Morgan fingerprint density at radius 3 is 2.59 bits per heavy atom. The molecule has 0 unspecified atom stereocenters. The highest BCUT2D eigenvalue weighted by Gasteiger charge is 2.11. The molecule has 0 fully saturated rings. The highest BCUT2D eigenvalue weighted by Crippen LogP contribution is 2.23. The highest BCUT2D eigenvalue weighted by atomic mass is 32.2. The molecule has 0 saturated carbocycles. The number of amides is 1. The lowest BCUT2D eigenvalue weighted by molar-refractivity contribution is -0.118. The fraction of sp³-hybridized carbons (Fsp3) is 0.286. The van der Waals surface area contributed by atoms with Gasteiger partial charge in [-0.2, -0.15) is 0 Å². The van der Waals surface area contributed by atoms with E-state index in [1.807, 2.05) is 62.4 Å². The van der Waals surface area contributed by atoms with Gasteiger partial charge >= 0.3 is 0 Å². The van der Waals surface area contributed by atoms with E-state index in [2.05, 4.69) is 15.5 Å². The van der Waals surface area contributed by atoms with Crippen molar-refractivity contribution in [2.45, 2.75) is 19.1 Å². The number of nitrogens with one attached hydrogen (secondary N) is 1.